The predicted molar refractivity (Wildman–Crippen MR) is 350 cm³/mol. The van der Waals surface area contributed by atoms with Crippen molar-refractivity contribution in [2.45, 2.75) is 175 Å². The van der Waals surface area contributed by atoms with E-state index in [2.05, 4.69) is 37.8 Å². The van der Waals surface area contributed by atoms with Crippen molar-refractivity contribution >= 4 is 59.2 Å². The van der Waals surface area contributed by atoms with E-state index >= 15 is 0 Å². The van der Waals surface area contributed by atoms with E-state index in [1.165, 1.54) is 26.2 Å². The first kappa shape index (κ1) is 79.8. The van der Waals surface area contributed by atoms with E-state index in [0.29, 0.717) is 55.8 Å². The number of hydrogen-bond acceptors (Lipinski definition) is 16. The van der Waals surface area contributed by atoms with Crippen LogP contribution in [0.5, 0.6) is 0 Å². The van der Waals surface area contributed by atoms with Crippen molar-refractivity contribution in [2.75, 3.05) is 86.4 Å². The Morgan fingerprint density at radius 3 is 1.96 bits per heavy atom. The fraction of sp³-hybridized carbons (Fsp3) is 0.657. The van der Waals surface area contributed by atoms with Gasteiger partial charge >= 0.3 is 12.1 Å². The van der Waals surface area contributed by atoms with E-state index in [1.807, 2.05) is 32.0 Å². The van der Waals surface area contributed by atoms with E-state index in [9.17, 15) is 48.3 Å². The van der Waals surface area contributed by atoms with Gasteiger partial charge in [0.05, 0.1) is 75.2 Å². The molecule has 1 saturated heterocycles. The van der Waals surface area contributed by atoms with Crippen LogP contribution in [0.3, 0.4) is 0 Å². The lowest BCUT2D eigenvalue weighted by atomic mass is 9.89. The van der Waals surface area contributed by atoms with Crippen molar-refractivity contribution in [1.82, 2.24) is 41.3 Å². The van der Waals surface area contributed by atoms with E-state index < -0.39 is 126 Å². The Morgan fingerprint density at radius 1 is 0.742 bits per heavy atom. The SMILES string of the molecule is C#CCOCCOCCOCC(=O)N[C@H](C(=O)NC(CCCNC(N)=O)C(=O)Nc1ccc(COC(=O)N(C)[C@H](C(=O)N[C@H](C(=O)N(C)[C@@H](C(C)CC)C(CC(=O)N2CCCC2[C@H](OC)C(C)C(=O)NC(C)C(O)c2ccccc2)OC)C(C)C)C(C)C)cc1)C(C)C. The highest BCUT2D eigenvalue weighted by Gasteiger charge is 2.44. The molecule has 0 aromatic heterocycles. The highest BCUT2D eigenvalue weighted by molar-refractivity contribution is 5.98. The number of aliphatic hydroxyl groups is 1. The minimum atomic E-state index is -1.12. The summed E-state index contributed by atoms with van der Waals surface area (Å²) in [5, 5.41) is 27.5. The van der Waals surface area contributed by atoms with E-state index in [4.69, 9.17) is 40.6 Å². The number of carbonyl (C=O) groups excluding carboxylic acids is 9. The number of primary amides is 1. The molecule has 3 rings (SSSR count). The minimum Gasteiger partial charge on any atom is -0.445 e. The molecule has 1 heterocycles. The lowest BCUT2D eigenvalue weighted by Gasteiger charge is -2.41. The number of likely N-dealkylation sites (tertiary alicyclic amines) is 1. The summed E-state index contributed by atoms with van der Waals surface area (Å²) in [4.78, 5) is 127. The van der Waals surface area contributed by atoms with Crippen LogP contribution in [-0.4, -0.2) is 209 Å². The number of nitrogens with zero attached hydrogens (tertiary/aromatic N) is 3. The molecule has 12 atom stereocenters. The Kier molecular flexibility index (Phi) is 35.5. The van der Waals surface area contributed by atoms with Gasteiger partial charge in [-0.3, -0.25) is 38.5 Å². The first-order valence-corrected chi connectivity index (χ1v) is 32.2. The molecule has 1 aliphatic heterocycles. The number of hydrogen-bond donors (Lipinski definition) is 8. The molecule has 0 aliphatic carbocycles. The first-order chi connectivity index (χ1) is 44.1. The number of methoxy groups -OCH3 is 2. The van der Waals surface area contributed by atoms with Crippen LogP contribution in [0.1, 0.15) is 125 Å². The molecule has 26 nitrogen and oxygen atoms in total. The van der Waals surface area contributed by atoms with E-state index in [0.717, 1.165) is 0 Å². The van der Waals surface area contributed by atoms with Gasteiger partial charge in [-0.05, 0) is 79.5 Å². The molecule has 93 heavy (non-hydrogen) atoms. The van der Waals surface area contributed by atoms with Crippen LogP contribution in [0.2, 0.25) is 0 Å². The number of urea groups is 1. The number of nitrogens with one attached hydrogen (secondary N) is 6. The third-order valence-corrected chi connectivity index (χ3v) is 16.7. The Bertz CT molecular complexity index is 2710. The fourth-order valence-electron chi connectivity index (χ4n) is 11.3. The van der Waals surface area contributed by atoms with Gasteiger partial charge in [-0.1, -0.05) is 117 Å². The van der Waals surface area contributed by atoms with Gasteiger partial charge in [0.15, 0.2) is 0 Å². The second-order valence-corrected chi connectivity index (χ2v) is 24.7. The lowest BCUT2D eigenvalue weighted by Crippen LogP contribution is -2.60. The van der Waals surface area contributed by atoms with E-state index in [1.54, 1.807) is 109 Å². The Morgan fingerprint density at radius 2 is 1.38 bits per heavy atom. The zero-order chi connectivity index (χ0) is 69.5. The van der Waals surface area contributed by atoms with Gasteiger partial charge in [0.1, 0.15) is 44.0 Å². The Labute approximate surface area is 549 Å². The number of rotatable bonds is 41. The van der Waals surface area contributed by atoms with Crippen LogP contribution in [0.4, 0.5) is 15.3 Å². The number of nitrogens with two attached hydrogens (primary N) is 1. The number of carbonyl (C=O) groups is 9. The molecule has 0 saturated carbocycles. The van der Waals surface area contributed by atoms with Crippen LogP contribution in [0.15, 0.2) is 54.6 Å². The van der Waals surface area contributed by atoms with Crippen LogP contribution < -0.4 is 37.6 Å². The molecule has 7 unspecified atom stereocenters. The van der Waals surface area contributed by atoms with Gasteiger partial charge in [0, 0.05) is 47.1 Å². The second-order valence-electron chi connectivity index (χ2n) is 24.7. The number of anilines is 1. The Balaban J connectivity index is 1.68. The predicted octanol–water partition coefficient (Wildman–Crippen LogP) is 4.27. The average molecular weight is 1310 g/mol. The zero-order valence-electron chi connectivity index (χ0n) is 57.0. The van der Waals surface area contributed by atoms with Crippen molar-refractivity contribution < 1.29 is 76.7 Å². The molecule has 1 aliphatic rings. The number of ether oxygens (including phenoxy) is 6. The molecular formula is C67H106N10O16. The van der Waals surface area contributed by atoms with Gasteiger partial charge < -0.3 is 81.0 Å². The Hall–Kier alpha value is -7.41. The molecule has 0 bridgehead atoms. The maximum absolute atomic E-state index is 14.8. The van der Waals surface area contributed by atoms with Crippen molar-refractivity contribution in [3.05, 3.63) is 65.7 Å². The standard InChI is InChI=1S/C67H106N10O16/c1-16-33-90-34-35-91-36-37-92-40-53(78)73-55(41(3)4)63(83)72-50(25-21-31-69-66(68)86)62(82)71-49-29-27-47(28-30-49)39-93-67(87)76(13)57(43(7)8)64(84)74-56(42(5)6)65(85)75(12)58(44(9)17-2)52(88-14)38-54(79)77-32-22-26-51(77)60(89-15)45(10)61(81)70-46(11)59(80)48-23-19-18-20-24-48/h1,18-20,23-24,27-30,41-46,50-52,55-60,80H,17,21-22,25-26,31-40H2,2-15H3,(H,70,81)(H,71,82)(H,72,83)(H,73,78)(H,74,84)(H3,68,69,86)/t44?,45?,46?,50?,51?,52?,55-,56-,57-,58-,59?,60+/m0/s1. The van der Waals surface area contributed by atoms with Gasteiger partial charge in [0.25, 0.3) is 0 Å². The quantitative estimate of drug-likeness (QED) is 0.0340. The molecule has 0 spiro atoms. The van der Waals surface area contributed by atoms with Gasteiger partial charge in [-0.25, -0.2) is 9.59 Å². The van der Waals surface area contributed by atoms with Crippen molar-refractivity contribution in [3.63, 3.8) is 0 Å². The van der Waals surface area contributed by atoms with Crippen molar-refractivity contribution in [1.29, 1.82) is 0 Å². The van der Waals surface area contributed by atoms with Gasteiger partial charge in [0.2, 0.25) is 41.4 Å². The monoisotopic (exact) mass is 1310 g/mol. The summed E-state index contributed by atoms with van der Waals surface area (Å²) < 4.78 is 33.6. The third-order valence-electron chi connectivity index (χ3n) is 16.7. The zero-order valence-corrected chi connectivity index (χ0v) is 57.0. The van der Waals surface area contributed by atoms with Crippen molar-refractivity contribution in [3.8, 4) is 12.3 Å². The normalized spacial score (nSPS) is 16.6. The van der Waals surface area contributed by atoms with Crippen molar-refractivity contribution in [2.24, 2.45) is 35.3 Å². The van der Waals surface area contributed by atoms with Crippen LogP contribution >= 0.6 is 0 Å². The van der Waals surface area contributed by atoms with Crippen LogP contribution in [0, 0.1) is 41.9 Å². The average Bonchev–Trinajstić information content (AvgIpc) is 1.82. The first-order valence-electron chi connectivity index (χ1n) is 32.2. The topological polar surface area (TPSA) is 337 Å². The smallest absolute Gasteiger partial charge is 0.410 e. The van der Waals surface area contributed by atoms with Gasteiger partial charge in [-0.15, -0.1) is 6.42 Å². The molecule has 520 valence electrons. The molecule has 10 amide bonds. The molecule has 26 heteroatoms. The maximum atomic E-state index is 14.8. The largest absolute Gasteiger partial charge is 0.445 e. The molecular weight excluding hydrogens is 1200 g/mol. The molecule has 2 aromatic carbocycles. The summed E-state index contributed by atoms with van der Waals surface area (Å²) in [6, 6.07) is 8.73. The molecule has 0 radical (unpaired) electrons. The summed E-state index contributed by atoms with van der Waals surface area (Å²) in [5.74, 6) is -3.11. The summed E-state index contributed by atoms with van der Waals surface area (Å²) in [5.41, 5.74) is 6.77. The highest BCUT2D eigenvalue weighted by atomic mass is 16.6. The summed E-state index contributed by atoms with van der Waals surface area (Å²) in [6.07, 6.45) is 4.09. The summed E-state index contributed by atoms with van der Waals surface area (Å²) in [6.45, 7) is 19.1. The van der Waals surface area contributed by atoms with Gasteiger partial charge in [-0.2, -0.15) is 0 Å². The number of aliphatic hydroxyl groups excluding tert-OH is 1. The number of likely N-dealkylation sites (N-methyl/N-ethyl adjacent to an activating group) is 2. The van der Waals surface area contributed by atoms with E-state index in [-0.39, 0.29) is 76.6 Å². The lowest BCUT2D eigenvalue weighted by molar-refractivity contribution is -0.148. The third kappa shape index (κ3) is 25.8. The summed E-state index contributed by atoms with van der Waals surface area (Å²) >= 11 is 0. The maximum Gasteiger partial charge on any atom is 0.410 e. The van der Waals surface area contributed by atoms with Crippen LogP contribution in [0.25, 0.3) is 0 Å². The number of benzene rings is 2. The highest BCUT2D eigenvalue weighted by Crippen LogP contribution is 2.30. The van der Waals surface area contributed by atoms with Crippen LogP contribution in [-0.2, 0) is 68.6 Å². The number of amides is 10. The number of terminal acetylenes is 1. The minimum absolute atomic E-state index is 0.0834. The summed E-state index contributed by atoms with van der Waals surface area (Å²) in [7, 11) is 6.08. The molecule has 2 aromatic rings. The molecule has 9 N–H and O–H groups in total. The second kappa shape index (κ2) is 41.3. The molecule has 1 fully saturated rings. The fourth-order valence-corrected chi connectivity index (χ4v) is 11.3.